The Morgan fingerprint density at radius 1 is 1.38 bits per heavy atom. The summed E-state index contributed by atoms with van der Waals surface area (Å²) in [5.41, 5.74) is 0. The number of nitrogens with zero attached hydrogens (tertiary/aromatic N) is 3. The second-order valence-electron chi connectivity index (χ2n) is 4.84. The number of rotatable bonds is 9. The van der Waals surface area contributed by atoms with Gasteiger partial charge in [-0.3, -0.25) is 9.59 Å². The Labute approximate surface area is 125 Å². The maximum atomic E-state index is 11.6. The normalized spacial score (nSPS) is 14.1. The summed E-state index contributed by atoms with van der Waals surface area (Å²) in [6.07, 6.45) is 3.09. The zero-order valence-electron chi connectivity index (χ0n) is 11.5. The molecule has 0 atom stereocenters. The minimum Gasteiger partial charge on any atom is -0.481 e. The number of aromatic nitrogens is 3. The second-order valence-corrected chi connectivity index (χ2v) is 5.78. The van der Waals surface area contributed by atoms with Gasteiger partial charge < -0.3 is 20.1 Å². The van der Waals surface area contributed by atoms with E-state index in [2.05, 4.69) is 15.5 Å². The van der Waals surface area contributed by atoms with Crippen molar-refractivity contribution < 1.29 is 19.8 Å². The molecule has 0 bridgehead atoms. The van der Waals surface area contributed by atoms with Gasteiger partial charge in [0.15, 0.2) is 11.0 Å². The van der Waals surface area contributed by atoms with Crippen LogP contribution < -0.4 is 5.32 Å². The Balaban J connectivity index is 1.85. The molecule has 1 heterocycles. The molecule has 0 aromatic carbocycles. The van der Waals surface area contributed by atoms with Crippen molar-refractivity contribution >= 4 is 23.6 Å². The number of carbonyl (C=O) groups excluding carboxylic acids is 1. The van der Waals surface area contributed by atoms with E-state index in [0.29, 0.717) is 36.4 Å². The Kier molecular flexibility index (Phi) is 5.57. The summed E-state index contributed by atoms with van der Waals surface area (Å²) in [6.45, 7) is 0.206. The number of thioether (sulfide) groups is 1. The molecular formula is C12H18N4O4S. The number of carboxylic acid groups (broad SMARTS) is 1. The predicted octanol–water partition coefficient (Wildman–Crippen LogP) is 0.00590. The van der Waals surface area contributed by atoms with Gasteiger partial charge in [0.05, 0.1) is 5.75 Å². The number of hydrogen-bond acceptors (Lipinski definition) is 6. The predicted molar refractivity (Wildman–Crippen MR) is 74.7 cm³/mol. The number of aliphatic hydroxyl groups excluding tert-OH is 1. The van der Waals surface area contributed by atoms with Crippen molar-refractivity contribution in [3.8, 4) is 0 Å². The third-order valence-corrected chi connectivity index (χ3v) is 3.94. The van der Waals surface area contributed by atoms with Crippen LogP contribution in [0.5, 0.6) is 0 Å². The molecule has 0 radical (unpaired) electrons. The van der Waals surface area contributed by atoms with Crippen LogP contribution in [0.25, 0.3) is 0 Å². The summed E-state index contributed by atoms with van der Waals surface area (Å²) in [6, 6.07) is 0.349. The summed E-state index contributed by atoms with van der Waals surface area (Å²) in [4.78, 5) is 22.2. The van der Waals surface area contributed by atoms with Crippen LogP contribution in [0.1, 0.15) is 31.5 Å². The molecule has 1 aromatic heterocycles. The molecule has 8 nitrogen and oxygen atoms in total. The molecule has 1 saturated carbocycles. The highest BCUT2D eigenvalue weighted by Crippen LogP contribution is 2.20. The average Bonchev–Trinajstić information content (AvgIpc) is 3.16. The van der Waals surface area contributed by atoms with E-state index in [4.69, 9.17) is 5.11 Å². The average molecular weight is 314 g/mol. The molecule has 1 aliphatic carbocycles. The van der Waals surface area contributed by atoms with E-state index in [0.717, 1.165) is 24.6 Å². The van der Waals surface area contributed by atoms with Gasteiger partial charge in [-0.2, -0.15) is 0 Å². The van der Waals surface area contributed by atoms with Crippen LogP contribution in [0.2, 0.25) is 0 Å². The molecule has 3 N–H and O–H groups in total. The Morgan fingerprint density at radius 3 is 2.76 bits per heavy atom. The lowest BCUT2D eigenvalue weighted by Gasteiger charge is -2.08. The number of nitrogens with one attached hydrogen (secondary N) is 1. The van der Waals surface area contributed by atoms with Crippen molar-refractivity contribution in [2.75, 3.05) is 5.75 Å². The van der Waals surface area contributed by atoms with E-state index in [-0.39, 0.29) is 18.3 Å². The molecule has 21 heavy (non-hydrogen) atoms. The monoisotopic (exact) mass is 314 g/mol. The third kappa shape index (κ3) is 5.01. The number of amides is 1. The quantitative estimate of drug-likeness (QED) is 0.549. The summed E-state index contributed by atoms with van der Waals surface area (Å²) in [7, 11) is 0. The third-order valence-electron chi connectivity index (χ3n) is 2.99. The molecule has 0 saturated heterocycles. The summed E-state index contributed by atoms with van der Waals surface area (Å²) < 4.78 is 1.66. The molecule has 116 valence electrons. The van der Waals surface area contributed by atoms with Gasteiger partial charge in [-0.05, 0) is 19.3 Å². The van der Waals surface area contributed by atoms with Crippen molar-refractivity contribution in [1.82, 2.24) is 20.1 Å². The van der Waals surface area contributed by atoms with Crippen molar-refractivity contribution in [2.45, 2.75) is 50.0 Å². The van der Waals surface area contributed by atoms with E-state index in [1.165, 1.54) is 0 Å². The van der Waals surface area contributed by atoms with Crippen LogP contribution in [-0.4, -0.2) is 48.6 Å². The minimum absolute atomic E-state index is 0.0239. The molecule has 1 aliphatic rings. The fourth-order valence-electron chi connectivity index (χ4n) is 1.82. The maximum absolute atomic E-state index is 11.6. The highest BCUT2D eigenvalue weighted by Gasteiger charge is 2.23. The first-order chi connectivity index (χ1) is 10.1. The Bertz CT molecular complexity index is 515. The number of aliphatic hydroxyl groups is 1. The standard InChI is InChI=1S/C12H18N4O4S/c17-6-9-14-15-12(21-7-11(19)20)16(9)5-1-2-10(18)13-8-3-4-8/h8,17H,1-7H2,(H,13,18)(H,19,20). The molecule has 0 aliphatic heterocycles. The SMILES string of the molecule is O=C(O)CSc1nnc(CO)n1CCCC(=O)NC1CC1. The van der Waals surface area contributed by atoms with Crippen LogP contribution in [0.15, 0.2) is 5.16 Å². The molecule has 2 rings (SSSR count). The zero-order valence-corrected chi connectivity index (χ0v) is 12.3. The van der Waals surface area contributed by atoms with Gasteiger partial charge in [0.2, 0.25) is 5.91 Å². The molecule has 1 aromatic rings. The first kappa shape index (κ1) is 15.8. The Hall–Kier alpha value is -1.61. The molecule has 0 unspecified atom stereocenters. The molecular weight excluding hydrogens is 296 g/mol. The van der Waals surface area contributed by atoms with Gasteiger partial charge in [0.1, 0.15) is 6.61 Å². The van der Waals surface area contributed by atoms with Gasteiger partial charge in [-0.25, -0.2) is 0 Å². The molecule has 1 fully saturated rings. The summed E-state index contributed by atoms with van der Waals surface area (Å²) in [5.74, 6) is -0.656. The summed E-state index contributed by atoms with van der Waals surface area (Å²) in [5, 5.41) is 28.9. The summed E-state index contributed by atoms with van der Waals surface area (Å²) >= 11 is 1.05. The van der Waals surface area contributed by atoms with E-state index in [1.807, 2.05) is 0 Å². The highest BCUT2D eigenvalue weighted by molar-refractivity contribution is 7.99. The van der Waals surface area contributed by atoms with E-state index < -0.39 is 5.97 Å². The van der Waals surface area contributed by atoms with Crippen LogP contribution in [-0.2, 0) is 22.7 Å². The lowest BCUT2D eigenvalue weighted by molar-refractivity contribution is -0.134. The van der Waals surface area contributed by atoms with Gasteiger partial charge >= 0.3 is 5.97 Å². The van der Waals surface area contributed by atoms with Crippen molar-refractivity contribution in [3.63, 3.8) is 0 Å². The molecule has 0 spiro atoms. The lowest BCUT2D eigenvalue weighted by Crippen LogP contribution is -2.25. The highest BCUT2D eigenvalue weighted by atomic mass is 32.2. The van der Waals surface area contributed by atoms with Crippen molar-refractivity contribution in [2.24, 2.45) is 0 Å². The number of carbonyl (C=O) groups is 2. The fourth-order valence-corrected chi connectivity index (χ4v) is 2.52. The van der Waals surface area contributed by atoms with Crippen LogP contribution in [0, 0.1) is 0 Å². The largest absolute Gasteiger partial charge is 0.481 e. The van der Waals surface area contributed by atoms with E-state index >= 15 is 0 Å². The van der Waals surface area contributed by atoms with Crippen LogP contribution in [0.4, 0.5) is 0 Å². The zero-order chi connectivity index (χ0) is 15.2. The Morgan fingerprint density at radius 2 is 2.14 bits per heavy atom. The smallest absolute Gasteiger partial charge is 0.313 e. The lowest BCUT2D eigenvalue weighted by atomic mass is 10.3. The molecule has 9 heteroatoms. The van der Waals surface area contributed by atoms with Gasteiger partial charge in [-0.15, -0.1) is 10.2 Å². The van der Waals surface area contributed by atoms with Crippen LogP contribution >= 0.6 is 11.8 Å². The van der Waals surface area contributed by atoms with Gasteiger partial charge in [0, 0.05) is 19.0 Å². The van der Waals surface area contributed by atoms with Gasteiger partial charge in [0.25, 0.3) is 0 Å². The number of aliphatic carboxylic acids is 1. The second kappa shape index (κ2) is 7.41. The first-order valence-electron chi connectivity index (χ1n) is 6.77. The topological polar surface area (TPSA) is 117 Å². The minimum atomic E-state index is -0.941. The first-order valence-corrected chi connectivity index (χ1v) is 7.75. The van der Waals surface area contributed by atoms with E-state index in [1.54, 1.807) is 4.57 Å². The fraction of sp³-hybridized carbons (Fsp3) is 0.667. The molecule has 1 amide bonds. The number of carboxylic acids is 1. The maximum Gasteiger partial charge on any atom is 0.313 e. The van der Waals surface area contributed by atoms with E-state index in [9.17, 15) is 14.7 Å². The van der Waals surface area contributed by atoms with Crippen molar-refractivity contribution in [1.29, 1.82) is 0 Å². The van der Waals surface area contributed by atoms with Crippen LogP contribution in [0.3, 0.4) is 0 Å². The van der Waals surface area contributed by atoms with Gasteiger partial charge in [-0.1, -0.05) is 11.8 Å². The van der Waals surface area contributed by atoms with Crippen molar-refractivity contribution in [3.05, 3.63) is 5.82 Å². The number of hydrogen-bond donors (Lipinski definition) is 3.